The minimum absolute atomic E-state index is 0.100. The van der Waals surface area contributed by atoms with Crippen LogP contribution in [0.25, 0.3) is 11.0 Å². The Morgan fingerprint density at radius 3 is 3.00 bits per heavy atom. The van der Waals surface area contributed by atoms with E-state index in [1.165, 1.54) is 6.26 Å². The number of H-pyrrole nitrogens is 1. The predicted octanol–water partition coefficient (Wildman–Crippen LogP) is 1.94. The molecule has 6 heteroatoms. The summed E-state index contributed by atoms with van der Waals surface area (Å²) >= 11 is 0. The lowest BCUT2D eigenvalue weighted by Crippen LogP contribution is -2.49. The van der Waals surface area contributed by atoms with Crippen LogP contribution in [0.5, 0.6) is 0 Å². The lowest BCUT2D eigenvalue weighted by atomic mass is 10.1. The molecule has 1 aromatic carbocycles. The molecule has 2 N–H and O–H groups in total. The molecule has 1 atom stereocenters. The van der Waals surface area contributed by atoms with Crippen molar-refractivity contribution in [3.63, 3.8) is 0 Å². The number of carbonyl (C=O) groups is 1. The Kier molecular flexibility index (Phi) is 3.16. The molecular weight excluding hydrogens is 280 g/mol. The van der Waals surface area contributed by atoms with Gasteiger partial charge in [0.15, 0.2) is 5.76 Å². The first-order valence-corrected chi connectivity index (χ1v) is 7.33. The molecule has 1 aliphatic heterocycles. The van der Waals surface area contributed by atoms with Crippen LogP contribution >= 0.6 is 0 Å². The molecule has 6 nitrogen and oxygen atoms in total. The molecule has 1 saturated heterocycles. The maximum Gasteiger partial charge on any atom is 0.290 e. The number of nitrogens with one attached hydrogen (secondary N) is 2. The molecule has 112 valence electrons. The van der Waals surface area contributed by atoms with Crippen LogP contribution < -0.4 is 5.32 Å². The number of rotatable bonds is 2. The number of carbonyl (C=O) groups excluding carboxylic acids is 1. The number of aromatic amines is 1. The van der Waals surface area contributed by atoms with Crippen molar-refractivity contribution in [2.45, 2.75) is 6.04 Å². The van der Waals surface area contributed by atoms with Crippen molar-refractivity contribution in [3.8, 4) is 0 Å². The number of hydrogen-bond acceptors (Lipinski definition) is 4. The molecule has 1 unspecified atom stereocenters. The first-order valence-electron chi connectivity index (χ1n) is 7.33. The van der Waals surface area contributed by atoms with Crippen molar-refractivity contribution >= 4 is 16.9 Å². The zero-order chi connectivity index (χ0) is 14.9. The average Bonchev–Trinajstić information content (AvgIpc) is 3.23. The summed E-state index contributed by atoms with van der Waals surface area (Å²) in [6.45, 7) is 2.07. The fraction of sp³-hybridized carbons (Fsp3) is 0.250. The van der Waals surface area contributed by atoms with Crippen molar-refractivity contribution in [2.75, 3.05) is 19.6 Å². The van der Waals surface area contributed by atoms with Gasteiger partial charge in [-0.3, -0.25) is 4.79 Å². The van der Waals surface area contributed by atoms with Crippen LogP contribution in [0.15, 0.2) is 47.1 Å². The van der Waals surface area contributed by atoms with E-state index in [2.05, 4.69) is 15.3 Å². The van der Waals surface area contributed by atoms with Gasteiger partial charge in [-0.25, -0.2) is 4.98 Å². The molecule has 3 heterocycles. The van der Waals surface area contributed by atoms with Crippen LogP contribution in [-0.4, -0.2) is 40.4 Å². The van der Waals surface area contributed by atoms with Gasteiger partial charge in [0.25, 0.3) is 5.91 Å². The SMILES string of the molecule is O=C(c1ccco1)N1CCNCC1c1nc2ccccc2[nH]1. The Hall–Kier alpha value is -2.60. The highest BCUT2D eigenvalue weighted by Crippen LogP contribution is 2.24. The molecule has 0 spiro atoms. The van der Waals surface area contributed by atoms with E-state index in [0.717, 1.165) is 23.4 Å². The topological polar surface area (TPSA) is 74.2 Å². The second kappa shape index (κ2) is 5.31. The number of imidazole rings is 1. The van der Waals surface area contributed by atoms with Crippen LogP contribution in [-0.2, 0) is 0 Å². The first kappa shape index (κ1) is 13.1. The predicted molar refractivity (Wildman–Crippen MR) is 81.4 cm³/mol. The van der Waals surface area contributed by atoms with Crippen LogP contribution in [0, 0.1) is 0 Å². The molecule has 3 aromatic rings. The van der Waals surface area contributed by atoms with Crippen molar-refractivity contribution in [1.29, 1.82) is 0 Å². The van der Waals surface area contributed by atoms with E-state index in [1.54, 1.807) is 12.1 Å². The maximum atomic E-state index is 12.6. The Bertz CT molecular complexity index is 760. The van der Waals surface area contributed by atoms with Gasteiger partial charge in [-0.2, -0.15) is 0 Å². The summed E-state index contributed by atoms with van der Waals surface area (Å²) in [5.41, 5.74) is 1.89. The average molecular weight is 296 g/mol. The third-order valence-corrected chi connectivity index (χ3v) is 3.96. The Balaban J connectivity index is 1.69. The monoisotopic (exact) mass is 296 g/mol. The van der Waals surface area contributed by atoms with Crippen molar-refractivity contribution in [3.05, 3.63) is 54.2 Å². The third kappa shape index (κ3) is 2.17. The summed E-state index contributed by atoms with van der Waals surface area (Å²) in [5.74, 6) is 1.06. The van der Waals surface area contributed by atoms with Gasteiger partial charge in [0.1, 0.15) is 11.9 Å². The number of para-hydroxylation sites is 2. The molecule has 0 aliphatic carbocycles. The van der Waals surface area contributed by atoms with E-state index in [0.29, 0.717) is 18.8 Å². The second-order valence-electron chi connectivity index (χ2n) is 5.33. The van der Waals surface area contributed by atoms with Crippen molar-refractivity contribution < 1.29 is 9.21 Å². The minimum Gasteiger partial charge on any atom is -0.459 e. The smallest absolute Gasteiger partial charge is 0.290 e. The van der Waals surface area contributed by atoms with Gasteiger partial charge in [0, 0.05) is 19.6 Å². The quantitative estimate of drug-likeness (QED) is 0.758. The highest BCUT2D eigenvalue weighted by Gasteiger charge is 2.31. The summed E-state index contributed by atoms with van der Waals surface area (Å²) in [5, 5.41) is 3.32. The molecule has 22 heavy (non-hydrogen) atoms. The molecule has 1 aliphatic rings. The minimum atomic E-state index is -0.126. The summed E-state index contributed by atoms with van der Waals surface area (Å²) in [4.78, 5) is 22.4. The van der Waals surface area contributed by atoms with Gasteiger partial charge in [0.05, 0.1) is 17.3 Å². The fourth-order valence-corrected chi connectivity index (χ4v) is 2.86. The molecular formula is C16H16N4O2. The van der Waals surface area contributed by atoms with Gasteiger partial charge >= 0.3 is 0 Å². The van der Waals surface area contributed by atoms with E-state index in [9.17, 15) is 4.79 Å². The second-order valence-corrected chi connectivity index (χ2v) is 5.33. The van der Waals surface area contributed by atoms with Crippen LogP contribution in [0.2, 0.25) is 0 Å². The first-order chi connectivity index (χ1) is 10.8. The molecule has 1 fully saturated rings. The van der Waals surface area contributed by atoms with Gasteiger partial charge in [-0.15, -0.1) is 0 Å². The van der Waals surface area contributed by atoms with Gasteiger partial charge in [-0.05, 0) is 24.3 Å². The van der Waals surface area contributed by atoms with E-state index in [1.807, 2.05) is 29.2 Å². The highest BCUT2D eigenvalue weighted by atomic mass is 16.3. The Labute approximate surface area is 127 Å². The summed E-state index contributed by atoms with van der Waals surface area (Å²) in [6, 6.07) is 11.2. The Morgan fingerprint density at radius 2 is 2.18 bits per heavy atom. The standard InChI is InChI=1S/C16H16N4O2/c21-16(14-6-3-9-22-14)20-8-7-17-10-13(20)15-18-11-4-1-2-5-12(11)19-15/h1-6,9,13,17H,7-8,10H2,(H,18,19). The fourth-order valence-electron chi connectivity index (χ4n) is 2.86. The number of amides is 1. The summed E-state index contributed by atoms with van der Waals surface area (Å²) in [6.07, 6.45) is 1.52. The lowest BCUT2D eigenvalue weighted by molar-refractivity contribution is 0.0592. The van der Waals surface area contributed by atoms with E-state index in [4.69, 9.17) is 4.42 Å². The number of hydrogen-bond donors (Lipinski definition) is 2. The summed E-state index contributed by atoms with van der Waals surface area (Å²) in [7, 11) is 0. The summed E-state index contributed by atoms with van der Waals surface area (Å²) < 4.78 is 5.25. The van der Waals surface area contributed by atoms with Crippen molar-refractivity contribution in [1.82, 2.24) is 20.2 Å². The maximum absolute atomic E-state index is 12.6. The number of fused-ring (bicyclic) bond motifs is 1. The molecule has 0 saturated carbocycles. The number of piperazine rings is 1. The lowest BCUT2D eigenvalue weighted by Gasteiger charge is -2.34. The van der Waals surface area contributed by atoms with E-state index in [-0.39, 0.29) is 11.9 Å². The Morgan fingerprint density at radius 1 is 1.27 bits per heavy atom. The zero-order valence-corrected chi connectivity index (χ0v) is 12.0. The number of furan rings is 1. The molecule has 4 rings (SSSR count). The number of benzene rings is 1. The largest absolute Gasteiger partial charge is 0.459 e. The van der Waals surface area contributed by atoms with Crippen molar-refractivity contribution in [2.24, 2.45) is 0 Å². The van der Waals surface area contributed by atoms with Crippen LogP contribution in [0.4, 0.5) is 0 Å². The van der Waals surface area contributed by atoms with Gasteiger partial charge < -0.3 is 19.6 Å². The van der Waals surface area contributed by atoms with Crippen LogP contribution in [0.3, 0.4) is 0 Å². The van der Waals surface area contributed by atoms with E-state index < -0.39 is 0 Å². The molecule has 2 aromatic heterocycles. The number of aromatic nitrogens is 2. The highest BCUT2D eigenvalue weighted by molar-refractivity contribution is 5.91. The molecule has 0 radical (unpaired) electrons. The zero-order valence-electron chi connectivity index (χ0n) is 12.0. The van der Waals surface area contributed by atoms with E-state index >= 15 is 0 Å². The molecule has 1 amide bonds. The normalized spacial score (nSPS) is 18.7. The third-order valence-electron chi connectivity index (χ3n) is 3.96. The van der Waals surface area contributed by atoms with Crippen LogP contribution in [0.1, 0.15) is 22.4 Å². The van der Waals surface area contributed by atoms with Gasteiger partial charge in [-0.1, -0.05) is 12.1 Å². The van der Waals surface area contributed by atoms with Gasteiger partial charge in [0.2, 0.25) is 0 Å². The number of nitrogens with zero attached hydrogens (tertiary/aromatic N) is 2. The molecule has 0 bridgehead atoms.